The lowest BCUT2D eigenvalue weighted by molar-refractivity contribution is -0.138. The number of benzene rings is 1. The van der Waals surface area contributed by atoms with Gasteiger partial charge in [-0.3, -0.25) is 9.59 Å². The first-order chi connectivity index (χ1) is 11.4. The number of aromatic nitrogens is 1. The van der Waals surface area contributed by atoms with Crippen LogP contribution in [0.5, 0.6) is 5.88 Å². The molecule has 1 atom stereocenters. The van der Waals surface area contributed by atoms with Gasteiger partial charge in [0, 0.05) is 18.0 Å². The number of carbonyl (C=O) groups excluding carboxylic acids is 1. The van der Waals surface area contributed by atoms with Gasteiger partial charge in [-0.05, 0) is 44.5 Å². The highest BCUT2D eigenvalue weighted by molar-refractivity contribution is 6.04. The molecule has 1 heterocycles. The zero-order chi connectivity index (χ0) is 17.7. The van der Waals surface area contributed by atoms with Crippen LogP contribution in [0.25, 0.3) is 0 Å². The molecule has 0 saturated heterocycles. The van der Waals surface area contributed by atoms with Gasteiger partial charge in [0.05, 0.1) is 17.6 Å². The highest BCUT2D eigenvalue weighted by atomic mass is 16.5. The van der Waals surface area contributed by atoms with Crippen LogP contribution in [0.4, 0.5) is 5.69 Å². The molecule has 2 rings (SSSR count). The maximum atomic E-state index is 12.3. The van der Waals surface area contributed by atoms with E-state index in [2.05, 4.69) is 10.3 Å². The summed E-state index contributed by atoms with van der Waals surface area (Å²) in [7, 11) is 0. The van der Waals surface area contributed by atoms with Crippen LogP contribution in [0, 0.1) is 0 Å². The molecule has 1 aromatic heterocycles. The van der Waals surface area contributed by atoms with Crippen LogP contribution in [-0.4, -0.2) is 28.1 Å². The van der Waals surface area contributed by atoms with Crippen LogP contribution in [-0.2, 0) is 4.79 Å². The molecule has 0 radical (unpaired) electrons. The number of amides is 1. The Bertz CT molecular complexity index is 726. The van der Waals surface area contributed by atoms with Gasteiger partial charge >= 0.3 is 5.97 Å². The van der Waals surface area contributed by atoms with Gasteiger partial charge in [0.1, 0.15) is 0 Å². The summed E-state index contributed by atoms with van der Waals surface area (Å²) in [5, 5.41) is 11.8. The third kappa shape index (κ3) is 4.55. The molecule has 2 aromatic rings. The van der Waals surface area contributed by atoms with Crippen LogP contribution in [0.2, 0.25) is 0 Å². The van der Waals surface area contributed by atoms with Crippen molar-refractivity contribution in [2.45, 2.75) is 32.8 Å². The minimum atomic E-state index is -0.914. The van der Waals surface area contributed by atoms with Gasteiger partial charge in [-0.15, -0.1) is 0 Å². The second-order valence-corrected chi connectivity index (χ2v) is 5.69. The molecule has 0 aliphatic rings. The number of aliphatic carboxylic acids is 1. The van der Waals surface area contributed by atoms with Gasteiger partial charge < -0.3 is 15.2 Å². The molecule has 1 unspecified atom stereocenters. The second kappa shape index (κ2) is 7.59. The second-order valence-electron chi connectivity index (χ2n) is 5.69. The number of hydrogen-bond acceptors (Lipinski definition) is 4. The Hall–Kier alpha value is -2.89. The van der Waals surface area contributed by atoms with Gasteiger partial charge in [0.25, 0.3) is 5.91 Å². The fourth-order valence-electron chi connectivity index (χ4n) is 2.06. The Morgan fingerprint density at radius 2 is 1.92 bits per heavy atom. The lowest BCUT2D eigenvalue weighted by Gasteiger charge is -2.11. The van der Waals surface area contributed by atoms with Crippen molar-refractivity contribution in [3.63, 3.8) is 0 Å². The number of nitrogens with zero attached hydrogens (tertiary/aromatic N) is 1. The number of anilines is 1. The van der Waals surface area contributed by atoms with Gasteiger partial charge in [-0.25, -0.2) is 4.98 Å². The minimum absolute atomic E-state index is 0.0103. The van der Waals surface area contributed by atoms with E-state index >= 15 is 0 Å². The predicted molar refractivity (Wildman–Crippen MR) is 90.4 cm³/mol. The molecule has 0 aliphatic carbocycles. The third-order valence-electron chi connectivity index (χ3n) is 3.37. The highest BCUT2D eigenvalue weighted by Crippen LogP contribution is 2.20. The first kappa shape index (κ1) is 17.5. The number of carbonyl (C=O) groups is 2. The van der Waals surface area contributed by atoms with E-state index in [4.69, 9.17) is 9.84 Å². The van der Waals surface area contributed by atoms with E-state index in [1.54, 1.807) is 43.3 Å². The van der Waals surface area contributed by atoms with E-state index in [0.29, 0.717) is 22.7 Å². The Morgan fingerprint density at radius 3 is 2.50 bits per heavy atom. The molecular formula is C18H20N2O4. The normalized spacial score (nSPS) is 11.8. The molecule has 6 heteroatoms. The molecule has 0 spiro atoms. The van der Waals surface area contributed by atoms with Crippen molar-refractivity contribution < 1.29 is 19.4 Å². The Kier molecular flexibility index (Phi) is 5.52. The Balaban J connectivity index is 2.09. The lowest BCUT2D eigenvalue weighted by atomic mass is 10.0. The van der Waals surface area contributed by atoms with Crippen LogP contribution >= 0.6 is 0 Å². The number of carboxylic acid groups (broad SMARTS) is 1. The summed E-state index contributed by atoms with van der Waals surface area (Å²) in [5.41, 5.74) is 1.55. The number of pyridine rings is 1. The molecule has 0 aliphatic heterocycles. The van der Waals surface area contributed by atoms with E-state index in [-0.39, 0.29) is 12.0 Å². The minimum Gasteiger partial charge on any atom is -0.481 e. The molecule has 126 valence electrons. The summed E-state index contributed by atoms with van der Waals surface area (Å²) in [6.07, 6.45) is 1.45. The summed E-state index contributed by atoms with van der Waals surface area (Å²) in [5.74, 6) is -1.42. The summed E-state index contributed by atoms with van der Waals surface area (Å²) in [6.45, 7) is 5.39. The van der Waals surface area contributed by atoms with Crippen molar-refractivity contribution in [1.82, 2.24) is 4.98 Å². The smallest absolute Gasteiger partial charge is 0.310 e. The highest BCUT2D eigenvalue weighted by Gasteiger charge is 2.14. The van der Waals surface area contributed by atoms with E-state index in [0.717, 1.165) is 0 Å². The molecule has 0 bridgehead atoms. The monoisotopic (exact) mass is 328 g/mol. The summed E-state index contributed by atoms with van der Waals surface area (Å²) >= 11 is 0. The molecule has 0 fully saturated rings. The summed E-state index contributed by atoms with van der Waals surface area (Å²) < 4.78 is 5.43. The van der Waals surface area contributed by atoms with E-state index < -0.39 is 11.9 Å². The van der Waals surface area contributed by atoms with Crippen molar-refractivity contribution in [2.75, 3.05) is 5.32 Å². The van der Waals surface area contributed by atoms with Crippen LogP contribution in [0.1, 0.15) is 42.6 Å². The number of hydrogen-bond donors (Lipinski definition) is 2. The van der Waals surface area contributed by atoms with E-state index in [9.17, 15) is 9.59 Å². The fourth-order valence-corrected chi connectivity index (χ4v) is 2.06. The quantitative estimate of drug-likeness (QED) is 0.849. The van der Waals surface area contributed by atoms with E-state index in [1.165, 1.54) is 6.20 Å². The molecule has 24 heavy (non-hydrogen) atoms. The Morgan fingerprint density at radius 1 is 1.17 bits per heavy atom. The van der Waals surface area contributed by atoms with Gasteiger partial charge in [-0.2, -0.15) is 0 Å². The first-order valence-corrected chi connectivity index (χ1v) is 7.63. The molecule has 6 nitrogen and oxygen atoms in total. The van der Waals surface area contributed by atoms with Gasteiger partial charge in [0.15, 0.2) is 0 Å². The van der Waals surface area contributed by atoms with Crippen molar-refractivity contribution in [1.29, 1.82) is 0 Å². The average Bonchev–Trinajstić information content (AvgIpc) is 2.54. The third-order valence-corrected chi connectivity index (χ3v) is 3.37. The van der Waals surface area contributed by atoms with Gasteiger partial charge in [0.2, 0.25) is 5.88 Å². The van der Waals surface area contributed by atoms with Gasteiger partial charge in [-0.1, -0.05) is 12.1 Å². The largest absolute Gasteiger partial charge is 0.481 e. The standard InChI is InChI=1S/C18H20N2O4/c1-11(2)24-16-8-7-14(10-19-16)17(21)20-15-6-4-5-13(9-15)12(3)18(22)23/h4-12H,1-3H3,(H,20,21)(H,22,23). The van der Waals surface area contributed by atoms with Crippen LogP contribution in [0.3, 0.4) is 0 Å². The topological polar surface area (TPSA) is 88.5 Å². The molecule has 0 saturated carbocycles. The van der Waals surface area contributed by atoms with Crippen molar-refractivity contribution >= 4 is 17.6 Å². The zero-order valence-corrected chi connectivity index (χ0v) is 13.8. The number of ether oxygens (including phenoxy) is 1. The van der Waals surface area contributed by atoms with Crippen LogP contribution in [0.15, 0.2) is 42.6 Å². The maximum absolute atomic E-state index is 12.3. The number of rotatable bonds is 6. The fraction of sp³-hybridized carbons (Fsp3) is 0.278. The van der Waals surface area contributed by atoms with Crippen molar-refractivity contribution in [3.8, 4) is 5.88 Å². The lowest BCUT2D eigenvalue weighted by Crippen LogP contribution is -2.14. The zero-order valence-electron chi connectivity index (χ0n) is 13.8. The SMILES string of the molecule is CC(C)Oc1ccc(C(=O)Nc2cccc(C(C)C(=O)O)c2)cn1. The van der Waals surface area contributed by atoms with E-state index in [1.807, 2.05) is 13.8 Å². The maximum Gasteiger partial charge on any atom is 0.310 e. The average molecular weight is 328 g/mol. The number of carboxylic acids is 1. The molecule has 1 aromatic carbocycles. The molecular weight excluding hydrogens is 308 g/mol. The summed E-state index contributed by atoms with van der Waals surface area (Å²) in [6, 6.07) is 10.1. The van der Waals surface area contributed by atoms with Crippen molar-refractivity contribution in [3.05, 3.63) is 53.7 Å². The number of nitrogens with one attached hydrogen (secondary N) is 1. The molecule has 2 N–H and O–H groups in total. The Labute approximate surface area is 140 Å². The summed E-state index contributed by atoms with van der Waals surface area (Å²) in [4.78, 5) is 27.4. The predicted octanol–water partition coefficient (Wildman–Crippen LogP) is 3.31. The van der Waals surface area contributed by atoms with Crippen LogP contribution < -0.4 is 10.1 Å². The first-order valence-electron chi connectivity index (χ1n) is 7.63. The van der Waals surface area contributed by atoms with Crippen molar-refractivity contribution in [2.24, 2.45) is 0 Å². The molecule has 1 amide bonds.